The van der Waals surface area contributed by atoms with E-state index in [1.165, 1.54) is 10.7 Å². The van der Waals surface area contributed by atoms with E-state index in [4.69, 9.17) is 4.74 Å². The molecule has 2 aromatic rings. The molecule has 1 N–H and O–H groups in total. The maximum absolute atomic E-state index is 5.38. The minimum atomic E-state index is 0.785. The SMILES string of the molecule is CCc1nc(CNc2ccc(N3CCOCC3)cc2)cs1. The molecule has 1 aliphatic heterocycles. The highest BCUT2D eigenvalue weighted by Gasteiger charge is 2.10. The van der Waals surface area contributed by atoms with Crippen LogP contribution in [0.2, 0.25) is 0 Å². The van der Waals surface area contributed by atoms with Crippen LogP contribution in [0.15, 0.2) is 29.6 Å². The minimum Gasteiger partial charge on any atom is -0.379 e. The summed E-state index contributed by atoms with van der Waals surface area (Å²) in [4.78, 5) is 6.93. The molecule has 1 saturated heterocycles. The van der Waals surface area contributed by atoms with Crippen molar-refractivity contribution >= 4 is 22.7 Å². The fraction of sp³-hybridized carbons (Fsp3) is 0.438. The van der Waals surface area contributed by atoms with Gasteiger partial charge in [-0.2, -0.15) is 0 Å². The zero-order chi connectivity index (χ0) is 14.5. The van der Waals surface area contributed by atoms with Crippen LogP contribution in [0, 0.1) is 0 Å². The molecule has 112 valence electrons. The highest BCUT2D eigenvalue weighted by Crippen LogP contribution is 2.19. The number of ether oxygens (including phenoxy) is 1. The van der Waals surface area contributed by atoms with Crippen molar-refractivity contribution in [2.75, 3.05) is 36.5 Å². The third kappa shape index (κ3) is 3.74. The number of aryl methyl sites for hydroxylation is 1. The average Bonchev–Trinajstić information content (AvgIpc) is 3.02. The summed E-state index contributed by atoms with van der Waals surface area (Å²) in [5, 5.41) is 6.77. The molecule has 4 nitrogen and oxygen atoms in total. The van der Waals surface area contributed by atoms with E-state index in [0.717, 1.165) is 50.7 Å². The molecule has 2 heterocycles. The van der Waals surface area contributed by atoms with E-state index < -0.39 is 0 Å². The number of hydrogen-bond donors (Lipinski definition) is 1. The van der Waals surface area contributed by atoms with Crippen LogP contribution in [-0.4, -0.2) is 31.3 Å². The lowest BCUT2D eigenvalue weighted by Crippen LogP contribution is -2.36. The first-order valence-electron chi connectivity index (χ1n) is 7.45. The third-order valence-corrected chi connectivity index (χ3v) is 4.66. The summed E-state index contributed by atoms with van der Waals surface area (Å²) < 4.78 is 5.38. The molecule has 3 rings (SSSR count). The van der Waals surface area contributed by atoms with Gasteiger partial charge in [-0.15, -0.1) is 11.3 Å². The number of benzene rings is 1. The van der Waals surface area contributed by atoms with E-state index in [2.05, 4.69) is 51.8 Å². The molecule has 0 spiro atoms. The van der Waals surface area contributed by atoms with Gasteiger partial charge in [-0.3, -0.25) is 0 Å². The molecule has 1 aromatic heterocycles. The summed E-state index contributed by atoms with van der Waals surface area (Å²) in [6, 6.07) is 8.62. The number of rotatable bonds is 5. The van der Waals surface area contributed by atoms with E-state index in [-0.39, 0.29) is 0 Å². The van der Waals surface area contributed by atoms with Crippen LogP contribution in [0.5, 0.6) is 0 Å². The number of hydrogen-bond acceptors (Lipinski definition) is 5. The van der Waals surface area contributed by atoms with Gasteiger partial charge in [0.05, 0.1) is 30.5 Å². The molecule has 1 aliphatic rings. The number of thiazole rings is 1. The molecule has 5 heteroatoms. The molecule has 21 heavy (non-hydrogen) atoms. The Hall–Kier alpha value is -1.59. The molecule has 0 radical (unpaired) electrons. The molecular formula is C16H21N3OS. The molecule has 0 bridgehead atoms. The van der Waals surface area contributed by atoms with Gasteiger partial charge in [-0.05, 0) is 30.7 Å². The molecule has 0 atom stereocenters. The standard InChI is InChI=1S/C16H21N3OS/c1-2-16-18-14(12-21-16)11-17-13-3-5-15(6-4-13)19-7-9-20-10-8-19/h3-6,12,17H,2,7-11H2,1H3. The van der Waals surface area contributed by atoms with Gasteiger partial charge in [0, 0.05) is 29.8 Å². The Balaban J connectivity index is 1.56. The number of nitrogens with zero attached hydrogens (tertiary/aromatic N) is 2. The monoisotopic (exact) mass is 303 g/mol. The van der Waals surface area contributed by atoms with Gasteiger partial charge >= 0.3 is 0 Å². The Morgan fingerprint density at radius 2 is 2.00 bits per heavy atom. The van der Waals surface area contributed by atoms with Crippen molar-refractivity contribution in [1.29, 1.82) is 0 Å². The van der Waals surface area contributed by atoms with Crippen molar-refractivity contribution < 1.29 is 4.74 Å². The molecule has 0 amide bonds. The highest BCUT2D eigenvalue weighted by molar-refractivity contribution is 7.09. The lowest BCUT2D eigenvalue weighted by atomic mass is 10.2. The minimum absolute atomic E-state index is 0.785. The fourth-order valence-electron chi connectivity index (χ4n) is 2.40. The van der Waals surface area contributed by atoms with E-state index in [0.29, 0.717) is 0 Å². The molecule has 0 unspecified atom stereocenters. The predicted molar refractivity (Wildman–Crippen MR) is 88.3 cm³/mol. The second-order valence-electron chi connectivity index (χ2n) is 5.09. The van der Waals surface area contributed by atoms with Crippen molar-refractivity contribution in [2.45, 2.75) is 19.9 Å². The van der Waals surface area contributed by atoms with Crippen LogP contribution in [0.1, 0.15) is 17.6 Å². The summed E-state index contributed by atoms with van der Waals surface area (Å²) in [6.07, 6.45) is 1.01. The van der Waals surface area contributed by atoms with Gasteiger partial charge in [0.2, 0.25) is 0 Å². The maximum Gasteiger partial charge on any atom is 0.0926 e. The fourth-order valence-corrected chi connectivity index (χ4v) is 3.14. The van der Waals surface area contributed by atoms with Gasteiger partial charge in [0.15, 0.2) is 0 Å². The summed E-state index contributed by atoms with van der Waals surface area (Å²) in [5.41, 5.74) is 3.53. The van der Waals surface area contributed by atoms with Gasteiger partial charge < -0.3 is 15.0 Å². The normalized spacial score (nSPS) is 15.2. The van der Waals surface area contributed by atoms with Crippen LogP contribution in [-0.2, 0) is 17.7 Å². The summed E-state index contributed by atoms with van der Waals surface area (Å²) in [6.45, 7) is 6.53. The van der Waals surface area contributed by atoms with Crippen molar-refractivity contribution in [3.8, 4) is 0 Å². The van der Waals surface area contributed by atoms with E-state index in [9.17, 15) is 0 Å². The second-order valence-corrected chi connectivity index (χ2v) is 6.03. The second kappa shape index (κ2) is 6.91. The van der Waals surface area contributed by atoms with Crippen molar-refractivity contribution in [3.05, 3.63) is 40.3 Å². The Labute approximate surface area is 129 Å². The van der Waals surface area contributed by atoms with Crippen molar-refractivity contribution in [2.24, 2.45) is 0 Å². The first kappa shape index (κ1) is 14.4. The molecule has 0 aliphatic carbocycles. The van der Waals surface area contributed by atoms with Crippen LogP contribution in [0.25, 0.3) is 0 Å². The number of nitrogens with one attached hydrogen (secondary N) is 1. The predicted octanol–water partition coefficient (Wildman–Crippen LogP) is 3.15. The Kier molecular flexibility index (Phi) is 4.72. The molecule has 1 aromatic carbocycles. The molecular weight excluding hydrogens is 282 g/mol. The van der Waals surface area contributed by atoms with Crippen LogP contribution in [0.4, 0.5) is 11.4 Å². The molecule has 1 fully saturated rings. The highest BCUT2D eigenvalue weighted by atomic mass is 32.1. The van der Waals surface area contributed by atoms with Gasteiger partial charge in [-0.25, -0.2) is 4.98 Å². The van der Waals surface area contributed by atoms with Crippen molar-refractivity contribution in [1.82, 2.24) is 4.98 Å². The van der Waals surface area contributed by atoms with E-state index in [1.54, 1.807) is 11.3 Å². The van der Waals surface area contributed by atoms with Crippen LogP contribution in [0.3, 0.4) is 0 Å². The largest absolute Gasteiger partial charge is 0.379 e. The maximum atomic E-state index is 5.38. The van der Waals surface area contributed by atoms with Crippen LogP contribution < -0.4 is 10.2 Å². The van der Waals surface area contributed by atoms with E-state index in [1.807, 2.05) is 0 Å². The zero-order valence-electron chi connectivity index (χ0n) is 12.3. The van der Waals surface area contributed by atoms with Crippen molar-refractivity contribution in [3.63, 3.8) is 0 Å². The number of morpholine rings is 1. The third-order valence-electron chi connectivity index (χ3n) is 3.62. The Morgan fingerprint density at radius 1 is 1.24 bits per heavy atom. The summed E-state index contributed by atoms with van der Waals surface area (Å²) in [5.74, 6) is 0. The smallest absolute Gasteiger partial charge is 0.0926 e. The Bertz CT molecular complexity index is 561. The van der Waals surface area contributed by atoms with Gasteiger partial charge in [0.1, 0.15) is 0 Å². The summed E-state index contributed by atoms with van der Waals surface area (Å²) >= 11 is 1.74. The quantitative estimate of drug-likeness (QED) is 0.921. The average molecular weight is 303 g/mol. The Morgan fingerprint density at radius 3 is 2.67 bits per heavy atom. The number of aromatic nitrogens is 1. The zero-order valence-corrected chi connectivity index (χ0v) is 13.2. The lowest BCUT2D eigenvalue weighted by molar-refractivity contribution is 0.122. The summed E-state index contributed by atoms with van der Waals surface area (Å²) in [7, 11) is 0. The number of anilines is 2. The molecule has 0 saturated carbocycles. The van der Waals surface area contributed by atoms with E-state index >= 15 is 0 Å². The van der Waals surface area contributed by atoms with Gasteiger partial charge in [0.25, 0.3) is 0 Å². The first-order valence-corrected chi connectivity index (χ1v) is 8.33. The van der Waals surface area contributed by atoms with Crippen LogP contribution >= 0.6 is 11.3 Å². The first-order chi connectivity index (χ1) is 10.3. The lowest BCUT2D eigenvalue weighted by Gasteiger charge is -2.28. The topological polar surface area (TPSA) is 37.4 Å². The van der Waals surface area contributed by atoms with Gasteiger partial charge in [-0.1, -0.05) is 6.92 Å².